The van der Waals surface area contributed by atoms with Crippen molar-refractivity contribution in [2.24, 2.45) is 0 Å². The van der Waals surface area contributed by atoms with Crippen LogP contribution in [0.3, 0.4) is 0 Å². The summed E-state index contributed by atoms with van der Waals surface area (Å²) in [5, 5.41) is 12.8. The minimum Gasteiger partial charge on any atom is -0.387 e. The van der Waals surface area contributed by atoms with Crippen LogP contribution in [0.5, 0.6) is 0 Å². The first kappa shape index (κ1) is 12.8. The van der Waals surface area contributed by atoms with E-state index in [9.17, 15) is 9.50 Å². The van der Waals surface area contributed by atoms with E-state index >= 15 is 0 Å². The maximum atomic E-state index is 12.5. The number of nitrogens with zero attached hydrogens (tertiary/aromatic N) is 3. The van der Waals surface area contributed by atoms with Gasteiger partial charge in [0.2, 0.25) is 5.95 Å². The van der Waals surface area contributed by atoms with E-state index in [0.717, 1.165) is 12.4 Å². The quantitative estimate of drug-likeness (QED) is 0.761. The van der Waals surface area contributed by atoms with Gasteiger partial charge in [-0.1, -0.05) is 0 Å². The number of rotatable bonds is 5. The lowest BCUT2D eigenvalue weighted by molar-refractivity contribution is 0.0458. The van der Waals surface area contributed by atoms with Crippen molar-refractivity contribution >= 4 is 5.95 Å². The van der Waals surface area contributed by atoms with Gasteiger partial charge >= 0.3 is 0 Å². The van der Waals surface area contributed by atoms with Crippen molar-refractivity contribution in [3.05, 3.63) is 18.2 Å². The third kappa shape index (κ3) is 4.50. The molecule has 90 valence electrons. The van der Waals surface area contributed by atoms with E-state index in [1.54, 1.807) is 6.92 Å². The third-order valence-electron chi connectivity index (χ3n) is 1.90. The molecule has 1 aromatic heterocycles. The Morgan fingerprint density at radius 2 is 2.00 bits per heavy atom. The molecule has 0 saturated carbocycles. The summed E-state index contributed by atoms with van der Waals surface area (Å²) in [7, 11) is 3.76. The molecule has 1 rings (SSSR count). The Hall–Kier alpha value is -1.27. The number of aromatic nitrogens is 2. The van der Waals surface area contributed by atoms with Crippen molar-refractivity contribution in [3.63, 3.8) is 0 Å². The van der Waals surface area contributed by atoms with Gasteiger partial charge in [0.15, 0.2) is 5.82 Å². The average molecular weight is 228 g/mol. The molecule has 0 radical (unpaired) electrons. The summed E-state index contributed by atoms with van der Waals surface area (Å²) in [5.41, 5.74) is -0.888. The summed E-state index contributed by atoms with van der Waals surface area (Å²) >= 11 is 0. The molecule has 0 aliphatic carbocycles. The zero-order chi connectivity index (χ0) is 12.2. The topological polar surface area (TPSA) is 61.3 Å². The van der Waals surface area contributed by atoms with E-state index in [4.69, 9.17) is 0 Å². The van der Waals surface area contributed by atoms with Gasteiger partial charge in [0.25, 0.3) is 0 Å². The molecule has 16 heavy (non-hydrogen) atoms. The third-order valence-corrected chi connectivity index (χ3v) is 1.90. The summed E-state index contributed by atoms with van der Waals surface area (Å²) in [6.07, 6.45) is 2.16. The number of hydrogen-bond acceptors (Lipinski definition) is 5. The van der Waals surface area contributed by atoms with Crippen molar-refractivity contribution in [1.82, 2.24) is 14.9 Å². The second-order valence-electron chi connectivity index (χ2n) is 4.31. The molecule has 5 nitrogen and oxygen atoms in total. The molecule has 0 aromatic carbocycles. The van der Waals surface area contributed by atoms with Gasteiger partial charge in [-0.15, -0.1) is 0 Å². The predicted octanol–water partition coefficient (Wildman–Crippen LogP) is 0.340. The molecule has 1 aromatic rings. The maximum Gasteiger partial charge on any atom is 0.222 e. The Bertz CT molecular complexity index is 326. The van der Waals surface area contributed by atoms with E-state index in [2.05, 4.69) is 15.3 Å². The van der Waals surface area contributed by atoms with Gasteiger partial charge in [-0.3, -0.25) is 0 Å². The predicted molar refractivity (Wildman–Crippen MR) is 59.7 cm³/mol. The normalized spacial score (nSPS) is 14.9. The Morgan fingerprint density at radius 3 is 2.50 bits per heavy atom. The lowest BCUT2D eigenvalue weighted by atomic mass is 10.1. The largest absolute Gasteiger partial charge is 0.387 e. The number of aliphatic hydroxyl groups is 1. The molecule has 6 heteroatoms. The van der Waals surface area contributed by atoms with Crippen LogP contribution in [0.25, 0.3) is 0 Å². The highest BCUT2D eigenvalue weighted by molar-refractivity contribution is 5.23. The first-order valence-electron chi connectivity index (χ1n) is 4.97. The van der Waals surface area contributed by atoms with Crippen molar-refractivity contribution in [3.8, 4) is 0 Å². The van der Waals surface area contributed by atoms with Gasteiger partial charge in [0.05, 0.1) is 18.0 Å². The fourth-order valence-electron chi connectivity index (χ4n) is 1.41. The standard InChI is InChI=1S/C10H17FN4O/c1-10(16,7-15(2)3)6-14-9-12-4-8(11)5-13-9/h4-5,16H,6-7H2,1-3H3,(H,12,13,14). The van der Waals surface area contributed by atoms with E-state index < -0.39 is 11.4 Å². The van der Waals surface area contributed by atoms with Crippen LogP contribution in [0.15, 0.2) is 12.4 Å². The summed E-state index contributed by atoms with van der Waals surface area (Å²) in [6.45, 7) is 2.53. The van der Waals surface area contributed by atoms with Gasteiger partial charge in [-0.05, 0) is 21.0 Å². The van der Waals surface area contributed by atoms with Crippen molar-refractivity contribution < 1.29 is 9.50 Å². The van der Waals surface area contributed by atoms with Crippen LogP contribution in [0.1, 0.15) is 6.92 Å². The van der Waals surface area contributed by atoms with Crippen LogP contribution < -0.4 is 5.32 Å². The molecule has 0 aliphatic rings. The molecule has 0 fully saturated rings. The fraction of sp³-hybridized carbons (Fsp3) is 0.600. The lowest BCUT2D eigenvalue weighted by Crippen LogP contribution is -2.43. The van der Waals surface area contributed by atoms with E-state index in [-0.39, 0.29) is 0 Å². The van der Waals surface area contributed by atoms with E-state index in [0.29, 0.717) is 19.0 Å². The molecular weight excluding hydrogens is 211 g/mol. The highest BCUT2D eigenvalue weighted by Crippen LogP contribution is 2.06. The molecule has 0 spiro atoms. The van der Waals surface area contributed by atoms with Crippen LogP contribution in [0.4, 0.5) is 10.3 Å². The van der Waals surface area contributed by atoms with Crippen LogP contribution in [-0.2, 0) is 0 Å². The molecule has 2 N–H and O–H groups in total. The second-order valence-corrected chi connectivity index (χ2v) is 4.31. The summed E-state index contributed by atoms with van der Waals surface area (Å²) < 4.78 is 12.5. The van der Waals surface area contributed by atoms with Gasteiger partial charge in [0.1, 0.15) is 0 Å². The summed E-state index contributed by atoms with van der Waals surface area (Å²) in [5.74, 6) is -0.175. The monoisotopic (exact) mass is 228 g/mol. The average Bonchev–Trinajstić information content (AvgIpc) is 2.15. The number of anilines is 1. The first-order chi connectivity index (χ1) is 7.39. The fourth-order valence-corrected chi connectivity index (χ4v) is 1.41. The van der Waals surface area contributed by atoms with E-state index in [1.165, 1.54) is 0 Å². The molecule has 1 unspecified atom stereocenters. The van der Waals surface area contributed by atoms with Crippen LogP contribution >= 0.6 is 0 Å². The van der Waals surface area contributed by atoms with Crippen LogP contribution in [0.2, 0.25) is 0 Å². The Balaban J connectivity index is 2.47. The minimum absolute atomic E-state index is 0.302. The van der Waals surface area contributed by atoms with E-state index in [1.807, 2.05) is 19.0 Å². The van der Waals surface area contributed by atoms with Crippen molar-refractivity contribution in [2.75, 3.05) is 32.5 Å². The first-order valence-corrected chi connectivity index (χ1v) is 4.97. The van der Waals surface area contributed by atoms with Gasteiger partial charge in [-0.25, -0.2) is 14.4 Å². The Labute approximate surface area is 94.3 Å². The number of likely N-dealkylation sites (N-methyl/N-ethyl adjacent to an activating group) is 1. The highest BCUT2D eigenvalue weighted by atomic mass is 19.1. The van der Waals surface area contributed by atoms with Crippen LogP contribution in [-0.4, -0.2) is 52.8 Å². The minimum atomic E-state index is -0.888. The zero-order valence-electron chi connectivity index (χ0n) is 9.74. The van der Waals surface area contributed by atoms with Gasteiger partial charge < -0.3 is 15.3 Å². The maximum absolute atomic E-state index is 12.5. The molecule has 1 atom stereocenters. The molecular formula is C10H17FN4O. The van der Waals surface area contributed by atoms with Crippen molar-refractivity contribution in [2.45, 2.75) is 12.5 Å². The molecule has 1 heterocycles. The van der Waals surface area contributed by atoms with Gasteiger partial charge in [0, 0.05) is 13.1 Å². The SMILES string of the molecule is CN(C)CC(C)(O)CNc1ncc(F)cn1. The van der Waals surface area contributed by atoms with Gasteiger partial charge in [-0.2, -0.15) is 0 Å². The smallest absolute Gasteiger partial charge is 0.222 e. The van der Waals surface area contributed by atoms with Crippen LogP contribution in [0, 0.1) is 5.82 Å². The Kier molecular flexibility index (Phi) is 4.14. The number of hydrogen-bond donors (Lipinski definition) is 2. The van der Waals surface area contributed by atoms with Crippen molar-refractivity contribution in [1.29, 1.82) is 0 Å². The summed E-state index contributed by atoms with van der Waals surface area (Å²) in [6, 6.07) is 0. The Morgan fingerprint density at radius 1 is 1.44 bits per heavy atom. The number of nitrogens with one attached hydrogen (secondary N) is 1. The molecule has 0 aliphatic heterocycles. The highest BCUT2D eigenvalue weighted by Gasteiger charge is 2.21. The summed E-state index contributed by atoms with van der Waals surface area (Å²) in [4.78, 5) is 9.36. The molecule has 0 amide bonds. The molecule has 0 saturated heterocycles. The zero-order valence-corrected chi connectivity index (χ0v) is 9.74. The second kappa shape index (κ2) is 5.18. The number of halogens is 1. The lowest BCUT2D eigenvalue weighted by Gasteiger charge is -2.26. The molecule has 0 bridgehead atoms.